The van der Waals surface area contributed by atoms with E-state index in [9.17, 15) is 13.2 Å². The standard InChI is InChI=1S/C12H15BrN2O3S/c1-8-6-9(10(13)14-7-8)15-11(16)12(4-3-5-12)19(2,17)18/h6-7H,3-5H2,1-2H3,(H,15,16). The Kier molecular flexibility index (Phi) is 3.70. The first kappa shape index (κ1) is 14.5. The van der Waals surface area contributed by atoms with E-state index in [-0.39, 0.29) is 0 Å². The molecule has 1 fully saturated rings. The SMILES string of the molecule is Cc1cnc(Br)c(NC(=O)C2(S(C)(=O)=O)CCC2)c1. The average molecular weight is 347 g/mol. The summed E-state index contributed by atoms with van der Waals surface area (Å²) in [6.07, 6.45) is 4.31. The van der Waals surface area contributed by atoms with Gasteiger partial charge in [0.15, 0.2) is 14.6 Å². The lowest BCUT2D eigenvalue weighted by Gasteiger charge is -2.38. The maximum Gasteiger partial charge on any atom is 0.245 e. The molecule has 0 saturated heterocycles. The summed E-state index contributed by atoms with van der Waals surface area (Å²) in [7, 11) is -3.42. The van der Waals surface area contributed by atoms with Gasteiger partial charge in [0, 0.05) is 12.5 Å². The molecule has 0 radical (unpaired) electrons. The third-order valence-corrected chi connectivity index (χ3v) is 6.15. The van der Waals surface area contributed by atoms with E-state index in [2.05, 4.69) is 26.2 Å². The van der Waals surface area contributed by atoms with Gasteiger partial charge in [-0.15, -0.1) is 0 Å². The van der Waals surface area contributed by atoms with E-state index in [1.165, 1.54) is 0 Å². The van der Waals surface area contributed by atoms with E-state index in [1.54, 1.807) is 12.3 Å². The Labute approximate surface area is 120 Å². The zero-order valence-electron chi connectivity index (χ0n) is 10.7. The number of pyridine rings is 1. The van der Waals surface area contributed by atoms with Gasteiger partial charge in [-0.3, -0.25) is 4.79 Å². The van der Waals surface area contributed by atoms with Crippen molar-refractivity contribution in [3.8, 4) is 0 Å². The number of carbonyl (C=O) groups is 1. The van der Waals surface area contributed by atoms with Crippen molar-refractivity contribution in [2.45, 2.75) is 30.9 Å². The summed E-state index contributed by atoms with van der Waals surface area (Å²) in [6.45, 7) is 1.85. The first-order chi connectivity index (χ1) is 8.76. The predicted molar refractivity (Wildman–Crippen MR) is 76.7 cm³/mol. The summed E-state index contributed by atoms with van der Waals surface area (Å²) in [5, 5.41) is 2.67. The molecule has 1 heterocycles. The summed E-state index contributed by atoms with van der Waals surface area (Å²) >= 11 is 3.24. The number of nitrogens with one attached hydrogen (secondary N) is 1. The van der Waals surface area contributed by atoms with Crippen LogP contribution >= 0.6 is 15.9 Å². The van der Waals surface area contributed by atoms with Crippen LogP contribution in [-0.4, -0.2) is 30.3 Å². The van der Waals surface area contributed by atoms with Crippen LogP contribution < -0.4 is 5.32 Å². The van der Waals surface area contributed by atoms with Crippen molar-refractivity contribution in [2.75, 3.05) is 11.6 Å². The Balaban J connectivity index is 2.29. The van der Waals surface area contributed by atoms with E-state index >= 15 is 0 Å². The number of carbonyl (C=O) groups excluding carboxylic acids is 1. The smallest absolute Gasteiger partial charge is 0.245 e. The van der Waals surface area contributed by atoms with Crippen molar-refractivity contribution in [2.24, 2.45) is 0 Å². The Bertz CT molecular complexity index is 624. The monoisotopic (exact) mass is 346 g/mol. The summed E-state index contributed by atoms with van der Waals surface area (Å²) in [5.41, 5.74) is 1.39. The molecule has 1 saturated carbocycles. The Morgan fingerprint density at radius 2 is 2.11 bits per heavy atom. The van der Waals surface area contributed by atoms with Crippen LogP contribution in [-0.2, 0) is 14.6 Å². The van der Waals surface area contributed by atoms with Gasteiger partial charge >= 0.3 is 0 Å². The molecule has 5 nitrogen and oxygen atoms in total. The fourth-order valence-electron chi connectivity index (χ4n) is 2.14. The highest BCUT2D eigenvalue weighted by Crippen LogP contribution is 2.40. The van der Waals surface area contributed by atoms with Crippen molar-refractivity contribution in [3.63, 3.8) is 0 Å². The number of sulfone groups is 1. The van der Waals surface area contributed by atoms with Crippen molar-refractivity contribution in [1.29, 1.82) is 0 Å². The summed E-state index contributed by atoms with van der Waals surface area (Å²) in [6, 6.07) is 1.75. The minimum Gasteiger partial charge on any atom is -0.322 e. The van der Waals surface area contributed by atoms with E-state index in [1.807, 2.05) is 6.92 Å². The molecule has 1 aromatic heterocycles. The number of nitrogens with zero attached hydrogens (tertiary/aromatic N) is 1. The van der Waals surface area contributed by atoms with Crippen LogP contribution in [0.25, 0.3) is 0 Å². The van der Waals surface area contributed by atoms with Crippen molar-refractivity contribution >= 4 is 37.4 Å². The highest BCUT2D eigenvalue weighted by atomic mass is 79.9. The number of amides is 1. The Morgan fingerprint density at radius 1 is 1.47 bits per heavy atom. The van der Waals surface area contributed by atoms with Crippen LogP contribution in [0.3, 0.4) is 0 Å². The minimum absolute atomic E-state index is 0.383. The number of hydrogen-bond acceptors (Lipinski definition) is 4. The average Bonchev–Trinajstić information content (AvgIpc) is 2.19. The van der Waals surface area contributed by atoms with Crippen molar-refractivity contribution in [1.82, 2.24) is 4.98 Å². The second kappa shape index (κ2) is 4.86. The third kappa shape index (κ3) is 2.53. The van der Waals surface area contributed by atoms with E-state index in [4.69, 9.17) is 0 Å². The molecule has 0 spiro atoms. The van der Waals surface area contributed by atoms with Gasteiger partial charge in [0.25, 0.3) is 0 Å². The molecule has 0 unspecified atom stereocenters. The van der Waals surface area contributed by atoms with Gasteiger partial charge in [-0.05, 0) is 53.7 Å². The molecule has 7 heteroatoms. The van der Waals surface area contributed by atoms with Crippen LogP contribution in [0.1, 0.15) is 24.8 Å². The third-order valence-electron chi connectivity index (χ3n) is 3.51. The number of aromatic nitrogens is 1. The maximum atomic E-state index is 12.3. The molecule has 0 bridgehead atoms. The highest BCUT2D eigenvalue weighted by molar-refractivity contribution is 9.10. The summed E-state index contributed by atoms with van der Waals surface area (Å²) < 4.78 is 22.9. The molecular weight excluding hydrogens is 332 g/mol. The minimum atomic E-state index is -3.42. The zero-order chi connectivity index (χ0) is 14.3. The molecule has 0 aromatic carbocycles. The van der Waals surface area contributed by atoms with Gasteiger partial charge in [-0.25, -0.2) is 13.4 Å². The van der Waals surface area contributed by atoms with E-state index < -0.39 is 20.5 Å². The van der Waals surface area contributed by atoms with Gasteiger partial charge in [-0.1, -0.05) is 0 Å². The van der Waals surface area contributed by atoms with Crippen LogP contribution in [0.4, 0.5) is 5.69 Å². The van der Waals surface area contributed by atoms with Crippen LogP contribution in [0, 0.1) is 6.92 Å². The fraction of sp³-hybridized carbons (Fsp3) is 0.500. The van der Waals surface area contributed by atoms with Gasteiger partial charge in [-0.2, -0.15) is 0 Å². The van der Waals surface area contributed by atoms with Gasteiger partial charge in [0.05, 0.1) is 5.69 Å². The molecule has 104 valence electrons. The number of anilines is 1. The molecule has 1 N–H and O–H groups in total. The lowest BCUT2D eigenvalue weighted by molar-refractivity contribution is -0.120. The normalized spacial score (nSPS) is 17.6. The number of rotatable bonds is 3. The first-order valence-electron chi connectivity index (χ1n) is 5.89. The van der Waals surface area contributed by atoms with Gasteiger partial charge in [0.2, 0.25) is 5.91 Å². The molecule has 19 heavy (non-hydrogen) atoms. The largest absolute Gasteiger partial charge is 0.322 e. The van der Waals surface area contributed by atoms with E-state index in [0.717, 1.165) is 18.2 Å². The maximum absolute atomic E-state index is 12.3. The number of hydrogen-bond donors (Lipinski definition) is 1. The van der Waals surface area contributed by atoms with Crippen LogP contribution in [0.15, 0.2) is 16.9 Å². The van der Waals surface area contributed by atoms with Gasteiger partial charge in [0.1, 0.15) is 4.60 Å². The molecular formula is C12H15BrN2O3S. The highest BCUT2D eigenvalue weighted by Gasteiger charge is 2.52. The number of aryl methyl sites for hydroxylation is 1. The second-order valence-corrected chi connectivity index (χ2v) is 8.00. The molecule has 1 aliphatic carbocycles. The first-order valence-corrected chi connectivity index (χ1v) is 8.58. The Morgan fingerprint density at radius 3 is 2.58 bits per heavy atom. The molecule has 1 aromatic rings. The molecule has 1 amide bonds. The lowest BCUT2D eigenvalue weighted by atomic mass is 9.83. The molecule has 1 aliphatic rings. The van der Waals surface area contributed by atoms with Crippen molar-refractivity contribution in [3.05, 3.63) is 22.4 Å². The summed E-state index contributed by atoms with van der Waals surface area (Å²) in [4.78, 5) is 16.4. The second-order valence-electron chi connectivity index (χ2n) is 4.93. The lowest BCUT2D eigenvalue weighted by Crippen LogP contribution is -2.54. The fourth-order valence-corrected chi connectivity index (χ4v) is 3.87. The van der Waals surface area contributed by atoms with E-state index in [0.29, 0.717) is 23.1 Å². The zero-order valence-corrected chi connectivity index (χ0v) is 13.1. The Hall–Kier alpha value is -0.950. The van der Waals surface area contributed by atoms with Crippen LogP contribution in [0.5, 0.6) is 0 Å². The number of halogens is 1. The van der Waals surface area contributed by atoms with Crippen molar-refractivity contribution < 1.29 is 13.2 Å². The predicted octanol–water partition coefficient (Wildman–Crippen LogP) is 2.06. The summed E-state index contributed by atoms with van der Waals surface area (Å²) in [5.74, 6) is -0.464. The molecule has 0 aliphatic heterocycles. The quantitative estimate of drug-likeness (QED) is 0.850. The molecule has 2 rings (SSSR count). The molecule has 0 atom stereocenters. The van der Waals surface area contributed by atoms with Crippen LogP contribution in [0.2, 0.25) is 0 Å². The van der Waals surface area contributed by atoms with Gasteiger partial charge < -0.3 is 5.32 Å². The topological polar surface area (TPSA) is 76.1 Å².